The van der Waals surface area contributed by atoms with Crippen LogP contribution in [0.2, 0.25) is 0 Å². The first-order valence-corrected chi connectivity index (χ1v) is 7.68. The number of carbonyl (C=O) groups excluding carboxylic acids is 1. The third-order valence-electron chi connectivity index (χ3n) is 3.95. The van der Waals surface area contributed by atoms with Crippen LogP contribution in [0.3, 0.4) is 0 Å². The molecule has 0 aliphatic carbocycles. The Balaban J connectivity index is 1.92. The highest BCUT2D eigenvalue weighted by atomic mass is 16.5. The Morgan fingerprint density at radius 3 is 2.09 bits per heavy atom. The summed E-state index contributed by atoms with van der Waals surface area (Å²) in [5.74, 6) is -0.324. The second-order valence-corrected chi connectivity index (χ2v) is 5.56. The monoisotopic (exact) mass is 297 g/mol. The van der Waals surface area contributed by atoms with Gasteiger partial charge in [-0.2, -0.15) is 0 Å². The summed E-state index contributed by atoms with van der Waals surface area (Å²) >= 11 is 0. The van der Waals surface area contributed by atoms with Crippen molar-refractivity contribution in [1.82, 2.24) is 0 Å². The largest absolute Gasteiger partial charge is 0.459 e. The van der Waals surface area contributed by atoms with E-state index in [1.165, 1.54) is 5.56 Å². The van der Waals surface area contributed by atoms with Gasteiger partial charge in [0.05, 0.1) is 0 Å². The summed E-state index contributed by atoms with van der Waals surface area (Å²) in [5, 5.41) is 0. The minimum absolute atomic E-state index is 0.268. The molecule has 2 rings (SSSR count). The molecule has 0 aliphatic heterocycles. The second kappa shape index (κ2) is 7.76. The van der Waals surface area contributed by atoms with Gasteiger partial charge in [0.1, 0.15) is 12.1 Å². The predicted octanol–water partition coefficient (Wildman–Crippen LogP) is 3.47. The summed E-state index contributed by atoms with van der Waals surface area (Å²) in [4.78, 5) is 12.3. The standard InChI is InChI=1S/C19H23NO2/c1-2-19(20,14-13-16-9-5-3-6-10-16)18(21)22-15-17-11-7-4-8-12-17/h3-12H,2,13-15,20H2,1H3. The van der Waals surface area contributed by atoms with E-state index in [4.69, 9.17) is 10.5 Å². The fraction of sp³-hybridized carbons (Fsp3) is 0.316. The summed E-state index contributed by atoms with van der Waals surface area (Å²) in [6.07, 6.45) is 1.92. The molecule has 22 heavy (non-hydrogen) atoms. The molecule has 2 N–H and O–H groups in total. The molecule has 0 bridgehead atoms. The van der Waals surface area contributed by atoms with Gasteiger partial charge < -0.3 is 10.5 Å². The molecule has 2 aromatic rings. The molecule has 3 heteroatoms. The van der Waals surface area contributed by atoms with Gasteiger partial charge in [-0.3, -0.25) is 4.79 Å². The summed E-state index contributed by atoms with van der Waals surface area (Å²) in [5.41, 5.74) is 7.50. The van der Waals surface area contributed by atoms with Gasteiger partial charge in [-0.15, -0.1) is 0 Å². The smallest absolute Gasteiger partial charge is 0.326 e. The van der Waals surface area contributed by atoms with Gasteiger partial charge in [-0.25, -0.2) is 0 Å². The third-order valence-corrected chi connectivity index (χ3v) is 3.95. The van der Waals surface area contributed by atoms with Gasteiger partial charge >= 0.3 is 5.97 Å². The fourth-order valence-corrected chi connectivity index (χ4v) is 2.30. The van der Waals surface area contributed by atoms with Crippen molar-refractivity contribution < 1.29 is 9.53 Å². The summed E-state index contributed by atoms with van der Waals surface area (Å²) < 4.78 is 5.41. The van der Waals surface area contributed by atoms with Crippen LogP contribution in [0.15, 0.2) is 60.7 Å². The summed E-state index contributed by atoms with van der Waals surface area (Å²) in [6.45, 7) is 2.19. The fourth-order valence-electron chi connectivity index (χ4n) is 2.30. The van der Waals surface area contributed by atoms with Gasteiger partial charge in [0.2, 0.25) is 0 Å². The van der Waals surface area contributed by atoms with Crippen molar-refractivity contribution in [2.24, 2.45) is 5.73 Å². The highest BCUT2D eigenvalue weighted by Gasteiger charge is 2.33. The molecule has 0 heterocycles. The Labute approximate surface area is 132 Å². The first-order chi connectivity index (χ1) is 10.6. The predicted molar refractivity (Wildman–Crippen MR) is 88.2 cm³/mol. The Hall–Kier alpha value is -2.13. The number of rotatable bonds is 7. The van der Waals surface area contributed by atoms with E-state index < -0.39 is 5.54 Å². The van der Waals surface area contributed by atoms with Crippen LogP contribution in [0.1, 0.15) is 30.9 Å². The van der Waals surface area contributed by atoms with E-state index in [9.17, 15) is 4.79 Å². The zero-order valence-electron chi connectivity index (χ0n) is 13.0. The Bertz CT molecular complexity index is 583. The van der Waals surface area contributed by atoms with Crippen LogP contribution in [0, 0.1) is 0 Å². The van der Waals surface area contributed by atoms with Crippen molar-refractivity contribution in [3.63, 3.8) is 0 Å². The summed E-state index contributed by atoms with van der Waals surface area (Å²) in [6, 6.07) is 19.7. The first kappa shape index (κ1) is 16.2. The van der Waals surface area contributed by atoms with Gasteiger partial charge in [-0.05, 0) is 30.4 Å². The number of nitrogens with two attached hydrogens (primary N) is 1. The van der Waals surface area contributed by atoms with Gasteiger partial charge in [-0.1, -0.05) is 67.6 Å². The molecule has 0 saturated carbocycles. The lowest BCUT2D eigenvalue weighted by atomic mass is 9.90. The Morgan fingerprint density at radius 1 is 1.00 bits per heavy atom. The maximum Gasteiger partial charge on any atom is 0.326 e. The Morgan fingerprint density at radius 2 is 1.55 bits per heavy atom. The average Bonchev–Trinajstić information content (AvgIpc) is 2.59. The molecule has 1 unspecified atom stereocenters. The number of hydrogen-bond acceptors (Lipinski definition) is 3. The van der Waals surface area contributed by atoms with Crippen LogP contribution in [0.4, 0.5) is 0 Å². The van der Waals surface area contributed by atoms with Crippen LogP contribution < -0.4 is 5.73 Å². The molecular weight excluding hydrogens is 274 g/mol. The van der Waals surface area contributed by atoms with E-state index >= 15 is 0 Å². The molecular formula is C19H23NO2. The van der Waals surface area contributed by atoms with Crippen LogP contribution in [0.5, 0.6) is 0 Å². The Kier molecular flexibility index (Phi) is 5.73. The van der Waals surface area contributed by atoms with Crippen molar-refractivity contribution >= 4 is 5.97 Å². The number of carbonyl (C=O) groups is 1. The maximum absolute atomic E-state index is 12.3. The minimum atomic E-state index is -0.926. The SMILES string of the molecule is CCC(N)(CCc1ccccc1)C(=O)OCc1ccccc1. The van der Waals surface area contributed by atoms with Crippen LogP contribution in [0.25, 0.3) is 0 Å². The molecule has 0 amide bonds. The highest BCUT2D eigenvalue weighted by molar-refractivity contribution is 5.80. The van der Waals surface area contributed by atoms with E-state index in [0.717, 1.165) is 12.0 Å². The minimum Gasteiger partial charge on any atom is -0.459 e. The highest BCUT2D eigenvalue weighted by Crippen LogP contribution is 2.18. The lowest BCUT2D eigenvalue weighted by Gasteiger charge is -2.26. The van der Waals surface area contributed by atoms with E-state index in [0.29, 0.717) is 12.8 Å². The summed E-state index contributed by atoms with van der Waals surface area (Å²) in [7, 11) is 0. The lowest BCUT2D eigenvalue weighted by molar-refractivity contribution is -0.152. The van der Waals surface area contributed by atoms with Crippen molar-refractivity contribution in [2.45, 2.75) is 38.3 Å². The number of aryl methyl sites for hydroxylation is 1. The molecule has 0 spiro atoms. The average molecular weight is 297 g/mol. The van der Waals surface area contributed by atoms with E-state index in [2.05, 4.69) is 0 Å². The van der Waals surface area contributed by atoms with Gasteiger partial charge in [0.15, 0.2) is 0 Å². The number of hydrogen-bond donors (Lipinski definition) is 1. The van der Waals surface area contributed by atoms with Crippen LogP contribution in [-0.4, -0.2) is 11.5 Å². The molecule has 0 saturated heterocycles. The van der Waals surface area contributed by atoms with Gasteiger partial charge in [0.25, 0.3) is 0 Å². The zero-order valence-corrected chi connectivity index (χ0v) is 13.0. The number of benzene rings is 2. The molecule has 116 valence electrons. The molecule has 0 aliphatic rings. The molecule has 3 nitrogen and oxygen atoms in total. The number of ether oxygens (including phenoxy) is 1. The molecule has 2 aromatic carbocycles. The van der Waals surface area contributed by atoms with E-state index in [-0.39, 0.29) is 12.6 Å². The second-order valence-electron chi connectivity index (χ2n) is 5.56. The lowest BCUT2D eigenvalue weighted by Crippen LogP contribution is -2.48. The van der Waals surface area contributed by atoms with E-state index in [1.54, 1.807) is 0 Å². The maximum atomic E-state index is 12.3. The van der Waals surface area contributed by atoms with Crippen molar-refractivity contribution in [1.29, 1.82) is 0 Å². The molecule has 0 radical (unpaired) electrons. The van der Waals surface area contributed by atoms with Crippen molar-refractivity contribution in [2.75, 3.05) is 0 Å². The van der Waals surface area contributed by atoms with Gasteiger partial charge in [0, 0.05) is 0 Å². The van der Waals surface area contributed by atoms with Crippen LogP contribution in [-0.2, 0) is 22.6 Å². The first-order valence-electron chi connectivity index (χ1n) is 7.68. The van der Waals surface area contributed by atoms with E-state index in [1.807, 2.05) is 67.6 Å². The normalized spacial score (nSPS) is 13.4. The molecule has 1 atom stereocenters. The van der Waals surface area contributed by atoms with Crippen LogP contribution >= 0.6 is 0 Å². The quantitative estimate of drug-likeness (QED) is 0.796. The topological polar surface area (TPSA) is 52.3 Å². The third kappa shape index (κ3) is 4.43. The molecule has 0 aromatic heterocycles. The van der Waals surface area contributed by atoms with Crippen molar-refractivity contribution in [3.05, 3.63) is 71.8 Å². The number of esters is 1. The zero-order chi connectivity index (χ0) is 15.8. The molecule has 0 fully saturated rings. The van der Waals surface area contributed by atoms with Crippen molar-refractivity contribution in [3.8, 4) is 0 Å².